The Morgan fingerprint density at radius 3 is 2.29 bits per heavy atom. The average Bonchev–Trinajstić information content (AvgIpc) is 2.18. The molecule has 0 amide bonds. The molecule has 0 aliphatic heterocycles. The van der Waals surface area contributed by atoms with Crippen LogP contribution in [-0.2, 0) is 5.75 Å². The molecule has 14 heavy (non-hydrogen) atoms. The third-order valence-corrected chi connectivity index (χ3v) is 2.70. The van der Waals surface area contributed by atoms with Crippen molar-refractivity contribution in [3.8, 4) is 0 Å². The molecular formula is C12H16OS. The highest BCUT2D eigenvalue weighted by Gasteiger charge is 2.09. The van der Waals surface area contributed by atoms with Crippen molar-refractivity contribution < 1.29 is 4.79 Å². The van der Waals surface area contributed by atoms with Crippen molar-refractivity contribution in [3.05, 3.63) is 35.4 Å². The molecule has 0 saturated carbocycles. The van der Waals surface area contributed by atoms with Crippen molar-refractivity contribution in [2.24, 2.45) is 5.92 Å². The minimum absolute atomic E-state index is 0.0846. The molecule has 0 atom stereocenters. The van der Waals surface area contributed by atoms with Gasteiger partial charge in [-0.25, -0.2) is 0 Å². The second-order valence-corrected chi connectivity index (χ2v) is 4.51. The zero-order chi connectivity index (χ0) is 10.6. The third-order valence-electron chi connectivity index (χ3n) is 2.07. The molecule has 0 fully saturated rings. The van der Waals surface area contributed by atoms with Crippen LogP contribution in [0.3, 0.4) is 0 Å². The smallest absolute Gasteiger partial charge is 0.165 e. The summed E-state index contributed by atoms with van der Waals surface area (Å²) in [7, 11) is 0. The van der Waals surface area contributed by atoms with Gasteiger partial charge in [-0.1, -0.05) is 38.1 Å². The molecule has 0 aromatic heterocycles. The summed E-state index contributed by atoms with van der Waals surface area (Å²) in [5.74, 6) is 1.32. The maximum Gasteiger partial charge on any atom is 0.165 e. The number of benzene rings is 1. The number of carbonyl (C=O) groups excluding carboxylic acids is 1. The second-order valence-electron chi connectivity index (χ2n) is 3.65. The van der Waals surface area contributed by atoms with E-state index < -0.39 is 0 Å². The third kappa shape index (κ3) is 2.88. The fourth-order valence-corrected chi connectivity index (χ4v) is 1.79. The maximum atomic E-state index is 11.6. The molecule has 0 aliphatic rings. The molecule has 0 bridgehead atoms. The molecule has 76 valence electrons. The number of ketones is 1. The van der Waals surface area contributed by atoms with Crippen LogP contribution in [0.1, 0.15) is 29.8 Å². The Hall–Kier alpha value is -0.760. The number of carbonyl (C=O) groups is 1. The quantitative estimate of drug-likeness (QED) is 0.705. The number of rotatable bonds is 4. The van der Waals surface area contributed by atoms with Gasteiger partial charge >= 0.3 is 0 Å². The minimum atomic E-state index is 0.0846. The summed E-state index contributed by atoms with van der Waals surface area (Å²) in [6, 6.07) is 7.92. The van der Waals surface area contributed by atoms with Gasteiger partial charge in [-0.05, 0) is 11.8 Å². The first-order valence-electron chi connectivity index (χ1n) is 4.77. The molecule has 0 aliphatic carbocycles. The Morgan fingerprint density at radius 1 is 1.29 bits per heavy atom. The predicted octanol–water partition coefficient (Wildman–Crippen LogP) is 3.39. The van der Waals surface area contributed by atoms with Crippen LogP contribution in [0.15, 0.2) is 24.3 Å². The van der Waals surface area contributed by atoms with Gasteiger partial charge in [0.05, 0.1) is 0 Å². The van der Waals surface area contributed by atoms with Crippen LogP contribution in [0.2, 0.25) is 0 Å². The van der Waals surface area contributed by atoms with Gasteiger partial charge in [0.2, 0.25) is 0 Å². The molecule has 1 aromatic carbocycles. The first kappa shape index (κ1) is 11.3. The fourth-order valence-electron chi connectivity index (χ4n) is 1.27. The number of hydrogen-bond acceptors (Lipinski definition) is 2. The summed E-state index contributed by atoms with van der Waals surface area (Å²) >= 11 is 1.79. The standard InChI is InChI=1S/C12H16OS/c1-9(2)12(13)11-6-4-10(5-7-11)8-14-3/h4-7,9H,8H2,1-3H3. The Kier molecular flexibility index (Phi) is 4.21. The Bertz CT molecular complexity index is 301. The van der Waals surface area contributed by atoms with Crippen molar-refractivity contribution >= 4 is 17.5 Å². The largest absolute Gasteiger partial charge is 0.294 e. The highest BCUT2D eigenvalue weighted by Crippen LogP contribution is 2.13. The van der Waals surface area contributed by atoms with E-state index in [-0.39, 0.29) is 11.7 Å². The molecular weight excluding hydrogens is 192 g/mol. The van der Waals surface area contributed by atoms with Gasteiger partial charge < -0.3 is 0 Å². The van der Waals surface area contributed by atoms with Gasteiger partial charge in [0.25, 0.3) is 0 Å². The van der Waals surface area contributed by atoms with E-state index in [0.29, 0.717) is 0 Å². The van der Waals surface area contributed by atoms with Gasteiger partial charge in [0.15, 0.2) is 5.78 Å². The van der Waals surface area contributed by atoms with Crippen molar-refractivity contribution in [2.45, 2.75) is 19.6 Å². The normalized spacial score (nSPS) is 10.6. The number of thioether (sulfide) groups is 1. The van der Waals surface area contributed by atoms with Crippen LogP contribution >= 0.6 is 11.8 Å². The summed E-state index contributed by atoms with van der Waals surface area (Å²) < 4.78 is 0. The summed E-state index contributed by atoms with van der Waals surface area (Å²) in [5.41, 5.74) is 2.10. The lowest BCUT2D eigenvalue weighted by molar-refractivity contribution is 0.0939. The van der Waals surface area contributed by atoms with Crippen LogP contribution in [-0.4, -0.2) is 12.0 Å². The molecule has 1 rings (SSSR count). The van der Waals surface area contributed by atoms with Crippen LogP contribution in [0.25, 0.3) is 0 Å². The number of hydrogen-bond donors (Lipinski definition) is 0. The zero-order valence-corrected chi connectivity index (χ0v) is 9.73. The maximum absolute atomic E-state index is 11.6. The van der Waals surface area contributed by atoms with Crippen molar-refractivity contribution in [2.75, 3.05) is 6.26 Å². The topological polar surface area (TPSA) is 17.1 Å². The van der Waals surface area contributed by atoms with Gasteiger partial charge in [-0.2, -0.15) is 11.8 Å². The van der Waals surface area contributed by atoms with Gasteiger partial charge in [0, 0.05) is 17.2 Å². The Labute approximate surface area is 89.9 Å². The van der Waals surface area contributed by atoms with E-state index in [1.54, 1.807) is 11.8 Å². The van der Waals surface area contributed by atoms with Gasteiger partial charge in [-0.3, -0.25) is 4.79 Å². The van der Waals surface area contributed by atoms with E-state index in [1.807, 2.05) is 38.1 Å². The van der Waals surface area contributed by atoms with E-state index in [4.69, 9.17) is 0 Å². The average molecular weight is 208 g/mol. The van der Waals surface area contributed by atoms with Crippen molar-refractivity contribution in [3.63, 3.8) is 0 Å². The lowest BCUT2D eigenvalue weighted by Crippen LogP contribution is -2.06. The summed E-state index contributed by atoms with van der Waals surface area (Å²) in [6.45, 7) is 3.86. The van der Waals surface area contributed by atoms with Crippen LogP contribution in [0.5, 0.6) is 0 Å². The van der Waals surface area contributed by atoms with E-state index in [9.17, 15) is 4.79 Å². The first-order chi connectivity index (χ1) is 6.65. The molecule has 0 saturated heterocycles. The first-order valence-corrected chi connectivity index (χ1v) is 6.16. The predicted molar refractivity (Wildman–Crippen MR) is 62.8 cm³/mol. The summed E-state index contributed by atoms with van der Waals surface area (Å²) in [5, 5.41) is 0. The molecule has 0 unspecified atom stereocenters. The number of Topliss-reactive ketones (excluding diaryl/α,β-unsaturated/α-hetero) is 1. The van der Waals surface area contributed by atoms with Crippen LogP contribution in [0, 0.1) is 5.92 Å². The molecule has 1 nitrogen and oxygen atoms in total. The minimum Gasteiger partial charge on any atom is -0.294 e. The molecule has 2 heteroatoms. The summed E-state index contributed by atoms with van der Waals surface area (Å²) in [4.78, 5) is 11.6. The van der Waals surface area contributed by atoms with E-state index in [2.05, 4.69) is 6.26 Å². The Balaban J connectivity index is 2.78. The van der Waals surface area contributed by atoms with E-state index in [0.717, 1.165) is 11.3 Å². The lowest BCUT2D eigenvalue weighted by Gasteiger charge is -2.04. The fraction of sp³-hybridized carbons (Fsp3) is 0.417. The van der Waals surface area contributed by atoms with E-state index in [1.165, 1.54) is 5.56 Å². The molecule has 1 aromatic rings. The molecule has 0 N–H and O–H groups in total. The molecule has 0 heterocycles. The van der Waals surface area contributed by atoms with Crippen molar-refractivity contribution in [1.29, 1.82) is 0 Å². The monoisotopic (exact) mass is 208 g/mol. The Morgan fingerprint density at radius 2 is 1.86 bits per heavy atom. The second kappa shape index (κ2) is 5.20. The van der Waals surface area contributed by atoms with Crippen LogP contribution < -0.4 is 0 Å². The molecule has 0 spiro atoms. The lowest BCUT2D eigenvalue weighted by atomic mass is 10.0. The van der Waals surface area contributed by atoms with Gasteiger partial charge in [0.1, 0.15) is 0 Å². The van der Waals surface area contributed by atoms with Crippen molar-refractivity contribution in [1.82, 2.24) is 0 Å². The highest BCUT2D eigenvalue weighted by molar-refractivity contribution is 7.97. The summed E-state index contributed by atoms with van der Waals surface area (Å²) in [6.07, 6.45) is 2.08. The SMILES string of the molecule is CSCc1ccc(C(=O)C(C)C)cc1. The van der Waals surface area contributed by atoms with E-state index >= 15 is 0 Å². The van der Waals surface area contributed by atoms with Crippen LogP contribution in [0.4, 0.5) is 0 Å². The zero-order valence-electron chi connectivity index (χ0n) is 8.91. The highest BCUT2D eigenvalue weighted by atomic mass is 32.2. The molecule has 0 radical (unpaired) electrons. The van der Waals surface area contributed by atoms with Gasteiger partial charge in [-0.15, -0.1) is 0 Å².